The first-order valence-electron chi connectivity index (χ1n) is 5.88. The highest BCUT2D eigenvalue weighted by atomic mass is 79.9. The fourth-order valence-electron chi connectivity index (χ4n) is 1.68. The maximum atomic E-state index is 12.5. The lowest BCUT2D eigenvalue weighted by molar-refractivity contribution is -0.0328. The van der Waals surface area contributed by atoms with Gasteiger partial charge in [-0.1, -0.05) is 29.8 Å². The van der Waals surface area contributed by atoms with Crippen molar-refractivity contribution in [1.82, 2.24) is 0 Å². The molecule has 0 heterocycles. The maximum Gasteiger partial charge on any atom is 0.446 e. The van der Waals surface area contributed by atoms with Gasteiger partial charge in [-0.25, -0.2) is 0 Å². The third-order valence-corrected chi connectivity index (χ3v) is 4.68. The molecule has 2 aromatic rings. The van der Waals surface area contributed by atoms with Gasteiger partial charge >= 0.3 is 5.51 Å². The van der Waals surface area contributed by atoms with Crippen LogP contribution in [0.25, 0.3) is 0 Å². The lowest BCUT2D eigenvalue weighted by Crippen LogP contribution is -2.04. The van der Waals surface area contributed by atoms with Crippen LogP contribution >= 0.6 is 39.3 Å². The lowest BCUT2D eigenvalue weighted by Gasteiger charge is -2.13. The van der Waals surface area contributed by atoms with Gasteiger partial charge in [0.2, 0.25) is 0 Å². The Morgan fingerprint density at radius 3 is 2.52 bits per heavy atom. The summed E-state index contributed by atoms with van der Waals surface area (Å²) >= 11 is 9.15. The molecule has 0 radical (unpaired) electrons. The van der Waals surface area contributed by atoms with Crippen LogP contribution in [0.15, 0.2) is 51.8 Å². The highest BCUT2D eigenvalue weighted by molar-refractivity contribution is 9.10. The number of hydrogen-bond acceptors (Lipinski definition) is 2. The average molecular weight is 397 g/mol. The van der Waals surface area contributed by atoms with E-state index in [0.717, 1.165) is 10.2 Å². The molecule has 0 aliphatic heterocycles. The summed E-state index contributed by atoms with van der Waals surface area (Å²) in [6, 6.07) is 11.7. The van der Waals surface area contributed by atoms with Crippen molar-refractivity contribution in [2.24, 2.45) is 0 Å². The van der Waals surface area contributed by atoms with Crippen LogP contribution < -0.4 is 5.32 Å². The van der Waals surface area contributed by atoms with Gasteiger partial charge in [0.25, 0.3) is 0 Å². The van der Waals surface area contributed by atoms with Crippen LogP contribution in [-0.2, 0) is 6.54 Å². The van der Waals surface area contributed by atoms with Gasteiger partial charge in [0.05, 0.1) is 5.02 Å². The van der Waals surface area contributed by atoms with E-state index in [1.165, 1.54) is 6.07 Å². The molecule has 0 aliphatic carbocycles. The van der Waals surface area contributed by atoms with Crippen molar-refractivity contribution in [2.45, 2.75) is 16.9 Å². The predicted molar refractivity (Wildman–Crippen MR) is 84.8 cm³/mol. The van der Waals surface area contributed by atoms with Gasteiger partial charge in [-0.05, 0) is 57.5 Å². The Labute approximate surface area is 138 Å². The first-order valence-corrected chi connectivity index (χ1v) is 7.86. The lowest BCUT2D eigenvalue weighted by atomic mass is 10.2. The molecule has 0 amide bonds. The average Bonchev–Trinajstić information content (AvgIpc) is 2.40. The highest BCUT2D eigenvalue weighted by Gasteiger charge is 2.30. The summed E-state index contributed by atoms with van der Waals surface area (Å²) in [6.45, 7) is 0.289. The van der Waals surface area contributed by atoms with Crippen LogP contribution in [0, 0.1) is 0 Å². The Balaban J connectivity index is 2.11. The normalized spacial score (nSPS) is 11.5. The van der Waals surface area contributed by atoms with Crippen molar-refractivity contribution < 1.29 is 13.2 Å². The summed E-state index contributed by atoms with van der Waals surface area (Å²) in [7, 11) is 0. The molecular weight excluding hydrogens is 387 g/mol. The van der Waals surface area contributed by atoms with Crippen molar-refractivity contribution in [1.29, 1.82) is 0 Å². The molecule has 0 unspecified atom stereocenters. The minimum atomic E-state index is -4.29. The van der Waals surface area contributed by atoms with Crippen LogP contribution in [0.5, 0.6) is 0 Å². The predicted octanol–water partition coefficient (Wildman–Crippen LogP) is 6.33. The Kier molecular flexibility index (Phi) is 5.46. The Hall–Kier alpha value is -0.850. The fraction of sp³-hybridized carbons (Fsp3) is 0.143. The zero-order chi connectivity index (χ0) is 15.5. The number of rotatable bonds is 4. The summed E-state index contributed by atoms with van der Waals surface area (Å²) in [5, 5.41) is 3.61. The molecule has 1 N–H and O–H groups in total. The van der Waals surface area contributed by atoms with Crippen molar-refractivity contribution in [3.8, 4) is 0 Å². The summed E-state index contributed by atoms with van der Waals surface area (Å²) in [5.74, 6) is 0. The number of anilines is 1. The van der Waals surface area contributed by atoms with Gasteiger partial charge in [-0.15, -0.1) is 0 Å². The van der Waals surface area contributed by atoms with E-state index in [-0.39, 0.29) is 23.2 Å². The summed E-state index contributed by atoms with van der Waals surface area (Å²) in [4.78, 5) is 0.195. The van der Waals surface area contributed by atoms with E-state index in [4.69, 9.17) is 11.6 Å². The first-order chi connectivity index (χ1) is 9.85. The second-order valence-electron chi connectivity index (χ2n) is 4.14. The molecular formula is C14H10BrClF3NS. The third-order valence-electron chi connectivity index (χ3n) is 2.60. The van der Waals surface area contributed by atoms with Crippen LogP contribution in [0.4, 0.5) is 18.9 Å². The van der Waals surface area contributed by atoms with Gasteiger partial charge in [0, 0.05) is 21.6 Å². The minimum Gasteiger partial charge on any atom is -0.381 e. The number of thioether (sulfide) groups is 1. The quantitative estimate of drug-likeness (QED) is 0.606. The van der Waals surface area contributed by atoms with Crippen LogP contribution in [0.1, 0.15) is 5.56 Å². The summed E-state index contributed by atoms with van der Waals surface area (Å²) in [5.41, 5.74) is -2.97. The maximum absolute atomic E-state index is 12.5. The molecule has 0 saturated heterocycles. The molecule has 0 aliphatic rings. The van der Waals surface area contributed by atoms with Crippen LogP contribution in [0.3, 0.4) is 0 Å². The second-order valence-corrected chi connectivity index (χ2v) is 6.51. The van der Waals surface area contributed by atoms with Gasteiger partial charge < -0.3 is 5.32 Å². The largest absolute Gasteiger partial charge is 0.446 e. The number of benzene rings is 2. The Morgan fingerprint density at radius 1 is 1.14 bits per heavy atom. The van der Waals surface area contributed by atoms with E-state index < -0.39 is 5.51 Å². The van der Waals surface area contributed by atoms with Gasteiger partial charge in [0.1, 0.15) is 0 Å². The van der Waals surface area contributed by atoms with Crippen molar-refractivity contribution in [2.75, 3.05) is 5.32 Å². The van der Waals surface area contributed by atoms with E-state index in [1.807, 2.05) is 0 Å². The standard InChI is InChI=1S/C14H10BrClF3NS/c15-11-6-5-10(7-12(11)16)20-8-9-3-1-2-4-13(9)21-14(17,18)19/h1-7,20H,8H2. The SMILES string of the molecule is FC(F)(F)Sc1ccccc1CNc1ccc(Br)c(Cl)c1. The number of alkyl halides is 3. The van der Waals surface area contributed by atoms with E-state index in [9.17, 15) is 13.2 Å². The van der Waals surface area contributed by atoms with Crippen LogP contribution in [0.2, 0.25) is 5.02 Å². The topological polar surface area (TPSA) is 12.0 Å². The molecule has 2 rings (SSSR count). The van der Waals surface area contributed by atoms with E-state index in [0.29, 0.717) is 10.6 Å². The molecule has 0 atom stereocenters. The Morgan fingerprint density at radius 2 is 1.86 bits per heavy atom. The second kappa shape index (κ2) is 6.94. The monoisotopic (exact) mass is 395 g/mol. The minimum absolute atomic E-state index is 0.105. The molecule has 21 heavy (non-hydrogen) atoms. The van der Waals surface area contributed by atoms with E-state index in [1.54, 1.807) is 36.4 Å². The van der Waals surface area contributed by atoms with Crippen LogP contribution in [-0.4, -0.2) is 5.51 Å². The molecule has 2 aromatic carbocycles. The molecule has 0 saturated carbocycles. The number of hydrogen-bond donors (Lipinski definition) is 1. The van der Waals surface area contributed by atoms with Crippen molar-refractivity contribution in [3.63, 3.8) is 0 Å². The smallest absolute Gasteiger partial charge is 0.381 e. The van der Waals surface area contributed by atoms with E-state index >= 15 is 0 Å². The molecule has 0 spiro atoms. The van der Waals surface area contributed by atoms with E-state index in [2.05, 4.69) is 21.2 Å². The zero-order valence-electron chi connectivity index (χ0n) is 10.5. The molecule has 0 fully saturated rings. The summed E-state index contributed by atoms with van der Waals surface area (Å²) in [6.07, 6.45) is 0. The number of nitrogens with one attached hydrogen (secondary N) is 1. The zero-order valence-corrected chi connectivity index (χ0v) is 13.7. The van der Waals surface area contributed by atoms with Gasteiger partial charge in [0.15, 0.2) is 0 Å². The Bertz CT molecular complexity index is 634. The van der Waals surface area contributed by atoms with Crippen molar-refractivity contribution in [3.05, 3.63) is 57.5 Å². The molecule has 7 heteroatoms. The number of halogens is 5. The van der Waals surface area contributed by atoms with Gasteiger partial charge in [-0.3, -0.25) is 0 Å². The fourth-order valence-corrected chi connectivity index (χ4v) is 2.77. The molecule has 0 aromatic heterocycles. The molecule has 0 bridgehead atoms. The highest BCUT2D eigenvalue weighted by Crippen LogP contribution is 2.38. The first kappa shape index (κ1) is 16.5. The van der Waals surface area contributed by atoms with Crippen molar-refractivity contribution >= 4 is 45.0 Å². The summed E-state index contributed by atoms with van der Waals surface area (Å²) < 4.78 is 38.3. The van der Waals surface area contributed by atoms with Gasteiger partial charge in [-0.2, -0.15) is 13.2 Å². The molecule has 1 nitrogen and oxygen atoms in total. The molecule has 112 valence electrons. The third kappa shape index (κ3) is 5.13.